The van der Waals surface area contributed by atoms with Crippen molar-refractivity contribution in [1.82, 2.24) is 24.7 Å². The summed E-state index contributed by atoms with van der Waals surface area (Å²) in [5.74, 6) is 2.61. The molecule has 0 amide bonds. The Morgan fingerprint density at radius 1 is 1.28 bits per heavy atom. The summed E-state index contributed by atoms with van der Waals surface area (Å²) in [7, 11) is 0. The number of H-pyrrole nitrogens is 1. The predicted molar refractivity (Wildman–Crippen MR) is 97.0 cm³/mol. The molecule has 0 bridgehead atoms. The minimum absolute atomic E-state index is 0.416. The van der Waals surface area contributed by atoms with Gasteiger partial charge in [-0.15, -0.1) is 0 Å². The van der Waals surface area contributed by atoms with Crippen LogP contribution in [0, 0.1) is 5.92 Å². The third-order valence-electron chi connectivity index (χ3n) is 4.73. The molecule has 0 aromatic carbocycles. The number of aromatic amines is 1. The smallest absolute Gasteiger partial charge is 0.162 e. The molecule has 0 atom stereocenters. The van der Waals surface area contributed by atoms with E-state index < -0.39 is 0 Å². The highest BCUT2D eigenvalue weighted by molar-refractivity contribution is 5.74. The molecule has 0 aliphatic carbocycles. The van der Waals surface area contributed by atoms with E-state index in [0.717, 1.165) is 61.1 Å². The summed E-state index contributed by atoms with van der Waals surface area (Å²) in [6, 6.07) is 5.97. The molecule has 25 heavy (non-hydrogen) atoms. The van der Waals surface area contributed by atoms with Gasteiger partial charge in [-0.3, -0.25) is 5.10 Å². The first-order valence-electron chi connectivity index (χ1n) is 8.91. The maximum absolute atomic E-state index is 5.45. The molecule has 7 heteroatoms. The van der Waals surface area contributed by atoms with Crippen molar-refractivity contribution in [2.75, 3.05) is 18.5 Å². The number of ether oxygens (including phenoxy) is 1. The fourth-order valence-corrected chi connectivity index (χ4v) is 3.18. The summed E-state index contributed by atoms with van der Waals surface area (Å²) in [5.41, 5.74) is 2.94. The minimum atomic E-state index is 0.416. The maximum atomic E-state index is 5.45. The van der Waals surface area contributed by atoms with Gasteiger partial charge in [0.25, 0.3) is 0 Å². The SMILES string of the molecule is CC(C)c1cc(Nc2ccc3ncn(CC4CCOCC4)c3n2)n[nH]1. The van der Waals surface area contributed by atoms with Crippen molar-refractivity contribution in [2.45, 2.75) is 39.2 Å². The monoisotopic (exact) mass is 340 g/mol. The van der Waals surface area contributed by atoms with E-state index in [2.05, 4.69) is 38.9 Å². The van der Waals surface area contributed by atoms with Gasteiger partial charge < -0.3 is 14.6 Å². The normalized spacial score (nSPS) is 16.0. The van der Waals surface area contributed by atoms with Crippen LogP contribution < -0.4 is 5.32 Å². The second-order valence-electron chi connectivity index (χ2n) is 6.98. The Morgan fingerprint density at radius 3 is 2.88 bits per heavy atom. The highest BCUT2D eigenvalue weighted by atomic mass is 16.5. The van der Waals surface area contributed by atoms with E-state index in [1.165, 1.54) is 0 Å². The number of hydrogen-bond acceptors (Lipinski definition) is 5. The molecular weight excluding hydrogens is 316 g/mol. The summed E-state index contributed by atoms with van der Waals surface area (Å²) in [6.07, 6.45) is 4.09. The molecule has 0 unspecified atom stereocenters. The number of pyridine rings is 1. The molecule has 0 spiro atoms. The predicted octanol–water partition coefficient (Wildman–Crippen LogP) is 3.45. The first-order chi connectivity index (χ1) is 12.2. The van der Waals surface area contributed by atoms with Crippen molar-refractivity contribution in [3.8, 4) is 0 Å². The zero-order valence-corrected chi connectivity index (χ0v) is 14.7. The van der Waals surface area contributed by atoms with Crippen LogP contribution in [0.1, 0.15) is 38.3 Å². The Hall–Kier alpha value is -2.41. The van der Waals surface area contributed by atoms with Crippen molar-refractivity contribution in [1.29, 1.82) is 0 Å². The molecule has 0 radical (unpaired) electrons. The number of aromatic nitrogens is 5. The standard InChI is InChI=1S/C18H24N6O/c1-12(2)15-9-17(23-22-15)20-16-4-3-14-18(21-16)24(11-19-14)10-13-5-7-25-8-6-13/h3-4,9,11-13H,5-8,10H2,1-2H3,(H2,20,21,22,23). The molecule has 4 heterocycles. The summed E-state index contributed by atoms with van der Waals surface area (Å²) in [6.45, 7) is 6.92. The third-order valence-corrected chi connectivity index (χ3v) is 4.73. The van der Waals surface area contributed by atoms with Crippen LogP contribution in [0.2, 0.25) is 0 Å². The summed E-state index contributed by atoms with van der Waals surface area (Å²) >= 11 is 0. The fourth-order valence-electron chi connectivity index (χ4n) is 3.18. The molecule has 1 aliphatic heterocycles. The molecule has 1 saturated heterocycles. The molecule has 4 rings (SSSR count). The molecule has 1 aliphatic rings. The topological polar surface area (TPSA) is 80.7 Å². The van der Waals surface area contributed by atoms with E-state index >= 15 is 0 Å². The summed E-state index contributed by atoms with van der Waals surface area (Å²) in [5, 5.41) is 10.6. The van der Waals surface area contributed by atoms with E-state index in [9.17, 15) is 0 Å². The Labute approximate surface area is 146 Å². The highest BCUT2D eigenvalue weighted by Gasteiger charge is 2.16. The molecule has 1 fully saturated rings. The van der Waals surface area contributed by atoms with Crippen LogP contribution in [0.5, 0.6) is 0 Å². The lowest BCUT2D eigenvalue weighted by atomic mass is 10.0. The van der Waals surface area contributed by atoms with Gasteiger partial charge in [0, 0.05) is 31.5 Å². The lowest BCUT2D eigenvalue weighted by Gasteiger charge is -2.22. The molecule has 132 valence electrons. The zero-order chi connectivity index (χ0) is 17.2. The van der Waals surface area contributed by atoms with E-state index in [1.54, 1.807) is 0 Å². The number of nitrogens with zero attached hydrogens (tertiary/aromatic N) is 4. The van der Waals surface area contributed by atoms with Gasteiger partial charge in [-0.2, -0.15) is 5.10 Å². The average molecular weight is 340 g/mol. The molecule has 3 aromatic heterocycles. The number of anilines is 2. The number of rotatable bonds is 5. The number of fused-ring (bicyclic) bond motifs is 1. The van der Waals surface area contributed by atoms with Crippen LogP contribution in [0.4, 0.5) is 11.6 Å². The van der Waals surface area contributed by atoms with Gasteiger partial charge in [-0.05, 0) is 36.8 Å². The van der Waals surface area contributed by atoms with Crippen molar-refractivity contribution in [3.05, 3.63) is 30.2 Å². The molecule has 3 aromatic rings. The largest absolute Gasteiger partial charge is 0.381 e. The molecule has 0 saturated carbocycles. The van der Waals surface area contributed by atoms with Gasteiger partial charge in [0.1, 0.15) is 11.3 Å². The lowest BCUT2D eigenvalue weighted by Crippen LogP contribution is -2.20. The van der Waals surface area contributed by atoms with E-state index in [1.807, 2.05) is 24.5 Å². The lowest BCUT2D eigenvalue weighted by molar-refractivity contribution is 0.0615. The zero-order valence-electron chi connectivity index (χ0n) is 14.7. The summed E-state index contributed by atoms with van der Waals surface area (Å²) < 4.78 is 7.60. The van der Waals surface area contributed by atoms with Crippen molar-refractivity contribution in [2.24, 2.45) is 5.92 Å². The number of hydrogen-bond donors (Lipinski definition) is 2. The van der Waals surface area contributed by atoms with Gasteiger partial charge in [0.05, 0.1) is 6.33 Å². The van der Waals surface area contributed by atoms with Crippen LogP contribution in [-0.4, -0.2) is 37.9 Å². The van der Waals surface area contributed by atoms with Gasteiger partial charge in [-0.1, -0.05) is 13.8 Å². The van der Waals surface area contributed by atoms with Crippen LogP contribution in [0.25, 0.3) is 11.2 Å². The van der Waals surface area contributed by atoms with Gasteiger partial charge in [0.2, 0.25) is 0 Å². The minimum Gasteiger partial charge on any atom is -0.381 e. The molecule has 2 N–H and O–H groups in total. The van der Waals surface area contributed by atoms with Crippen molar-refractivity contribution in [3.63, 3.8) is 0 Å². The Morgan fingerprint density at radius 2 is 2.12 bits per heavy atom. The molecule has 7 nitrogen and oxygen atoms in total. The quantitative estimate of drug-likeness (QED) is 0.743. The second-order valence-corrected chi connectivity index (χ2v) is 6.98. The first-order valence-corrected chi connectivity index (χ1v) is 8.91. The third kappa shape index (κ3) is 3.51. The average Bonchev–Trinajstić information content (AvgIpc) is 3.24. The maximum Gasteiger partial charge on any atom is 0.162 e. The second kappa shape index (κ2) is 6.84. The van der Waals surface area contributed by atoms with Gasteiger partial charge in [-0.25, -0.2) is 9.97 Å². The van der Waals surface area contributed by atoms with E-state index in [0.29, 0.717) is 11.8 Å². The van der Waals surface area contributed by atoms with Crippen molar-refractivity contribution >= 4 is 22.8 Å². The number of imidazole rings is 1. The van der Waals surface area contributed by atoms with E-state index in [-0.39, 0.29) is 0 Å². The van der Waals surface area contributed by atoms with Crippen LogP contribution in [0.15, 0.2) is 24.5 Å². The first kappa shape index (κ1) is 16.1. The molecular formula is C18H24N6O. The van der Waals surface area contributed by atoms with Crippen LogP contribution >= 0.6 is 0 Å². The Bertz CT molecular complexity index is 846. The fraction of sp³-hybridized carbons (Fsp3) is 0.500. The number of nitrogens with one attached hydrogen (secondary N) is 2. The van der Waals surface area contributed by atoms with Crippen LogP contribution in [-0.2, 0) is 11.3 Å². The van der Waals surface area contributed by atoms with Gasteiger partial charge in [0.15, 0.2) is 11.5 Å². The Balaban J connectivity index is 1.54. The van der Waals surface area contributed by atoms with Crippen molar-refractivity contribution < 1.29 is 4.74 Å². The summed E-state index contributed by atoms with van der Waals surface area (Å²) in [4.78, 5) is 9.23. The van der Waals surface area contributed by atoms with E-state index in [4.69, 9.17) is 9.72 Å². The Kier molecular flexibility index (Phi) is 4.40. The highest BCUT2D eigenvalue weighted by Crippen LogP contribution is 2.22. The van der Waals surface area contributed by atoms with Gasteiger partial charge >= 0.3 is 0 Å². The van der Waals surface area contributed by atoms with Crippen LogP contribution in [0.3, 0.4) is 0 Å².